The van der Waals surface area contributed by atoms with Gasteiger partial charge in [-0.15, -0.1) is 0 Å². The van der Waals surface area contributed by atoms with E-state index >= 15 is 0 Å². The third-order valence-electron chi connectivity index (χ3n) is 3.70. The van der Waals surface area contributed by atoms with E-state index in [-0.39, 0.29) is 23.9 Å². The van der Waals surface area contributed by atoms with Gasteiger partial charge in [-0.2, -0.15) is 0 Å². The Morgan fingerprint density at radius 2 is 1.96 bits per heavy atom. The molecule has 0 aromatic heterocycles. The normalized spacial score (nSPS) is 20.9. The smallest absolute Gasteiger partial charge is 0.407 e. The number of phenolic OH excluding ortho intramolecular Hbond substituents is 1. The van der Waals surface area contributed by atoms with Crippen LogP contribution in [0.15, 0.2) is 18.2 Å². The molecule has 1 aliphatic carbocycles. The zero-order valence-corrected chi connectivity index (χ0v) is 14.2. The molecular formula is C17H26N2O4. The molecule has 0 aliphatic heterocycles. The third-order valence-corrected chi connectivity index (χ3v) is 3.70. The summed E-state index contributed by atoms with van der Waals surface area (Å²) in [6.45, 7) is 5.55. The van der Waals surface area contributed by atoms with Crippen molar-refractivity contribution in [1.82, 2.24) is 5.32 Å². The van der Waals surface area contributed by atoms with Gasteiger partial charge in [0, 0.05) is 23.8 Å². The topological polar surface area (TPSA) is 79.8 Å². The Hall–Kier alpha value is -2.11. The van der Waals surface area contributed by atoms with E-state index in [9.17, 15) is 9.90 Å². The highest BCUT2D eigenvalue weighted by Crippen LogP contribution is 2.30. The van der Waals surface area contributed by atoms with Gasteiger partial charge in [-0.25, -0.2) is 4.79 Å². The Labute approximate surface area is 137 Å². The summed E-state index contributed by atoms with van der Waals surface area (Å²) in [6, 6.07) is 5.60. The zero-order valence-electron chi connectivity index (χ0n) is 14.2. The molecule has 1 aliphatic rings. The van der Waals surface area contributed by atoms with Crippen molar-refractivity contribution in [2.45, 2.75) is 57.7 Å². The number of ether oxygens (including phenoxy) is 2. The van der Waals surface area contributed by atoms with Crippen molar-refractivity contribution in [3.8, 4) is 11.5 Å². The molecule has 23 heavy (non-hydrogen) atoms. The highest BCUT2D eigenvalue weighted by Gasteiger charge is 2.27. The zero-order chi connectivity index (χ0) is 17.0. The van der Waals surface area contributed by atoms with Crippen LogP contribution in [0.4, 0.5) is 10.5 Å². The number of rotatable bonds is 4. The van der Waals surface area contributed by atoms with Crippen molar-refractivity contribution in [2.75, 3.05) is 12.4 Å². The monoisotopic (exact) mass is 322 g/mol. The fraction of sp³-hybridized carbons (Fsp3) is 0.588. The average molecular weight is 322 g/mol. The molecule has 6 heteroatoms. The van der Waals surface area contributed by atoms with Crippen LogP contribution in [-0.2, 0) is 4.74 Å². The lowest BCUT2D eigenvalue weighted by Crippen LogP contribution is -2.38. The van der Waals surface area contributed by atoms with Crippen LogP contribution in [0.3, 0.4) is 0 Å². The highest BCUT2D eigenvalue weighted by molar-refractivity contribution is 5.68. The van der Waals surface area contributed by atoms with Gasteiger partial charge in [0.25, 0.3) is 0 Å². The molecule has 1 saturated carbocycles. The first-order chi connectivity index (χ1) is 10.8. The molecule has 1 aromatic rings. The Morgan fingerprint density at radius 1 is 1.26 bits per heavy atom. The summed E-state index contributed by atoms with van der Waals surface area (Å²) in [4.78, 5) is 11.8. The van der Waals surface area contributed by atoms with E-state index in [4.69, 9.17) is 9.47 Å². The van der Waals surface area contributed by atoms with Crippen LogP contribution in [0.1, 0.15) is 40.0 Å². The molecule has 1 amide bonds. The van der Waals surface area contributed by atoms with E-state index in [0.717, 1.165) is 24.9 Å². The molecule has 0 saturated heterocycles. The Bertz CT molecular complexity index is 554. The highest BCUT2D eigenvalue weighted by atomic mass is 16.6. The molecule has 6 nitrogen and oxygen atoms in total. The lowest BCUT2D eigenvalue weighted by Gasteiger charge is -2.22. The molecule has 0 heterocycles. The maximum absolute atomic E-state index is 11.8. The summed E-state index contributed by atoms with van der Waals surface area (Å²) in [7, 11) is 1.52. The summed E-state index contributed by atoms with van der Waals surface area (Å²) < 4.78 is 10.3. The average Bonchev–Trinajstić information content (AvgIpc) is 2.83. The first kappa shape index (κ1) is 17.2. The second-order valence-corrected chi connectivity index (χ2v) is 6.88. The second-order valence-electron chi connectivity index (χ2n) is 6.88. The maximum Gasteiger partial charge on any atom is 0.407 e. The number of alkyl carbamates (subject to hydrolysis) is 1. The van der Waals surface area contributed by atoms with Crippen molar-refractivity contribution < 1.29 is 19.4 Å². The van der Waals surface area contributed by atoms with Crippen LogP contribution in [0, 0.1) is 0 Å². The number of anilines is 1. The van der Waals surface area contributed by atoms with Crippen LogP contribution < -0.4 is 15.4 Å². The van der Waals surface area contributed by atoms with E-state index in [1.807, 2.05) is 26.8 Å². The number of amides is 1. The van der Waals surface area contributed by atoms with E-state index in [2.05, 4.69) is 10.6 Å². The predicted molar refractivity (Wildman–Crippen MR) is 89.1 cm³/mol. The number of hydrogen-bond donors (Lipinski definition) is 3. The van der Waals surface area contributed by atoms with E-state index in [1.165, 1.54) is 7.11 Å². The van der Waals surface area contributed by atoms with Gasteiger partial charge < -0.3 is 25.2 Å². The number of aromatic hydroxyl groups is 1. The van der Waals surface area contributed by atoms with Crippen LogP contribution in [0.25, 0.3) is 0 Å². The minimum atomic E-state index is -0.485. The number of hydrogen-bond acceptors (Lipinski definition) is 5. The SMILES string of the molecule is COc1ccc(NC2CCC(NC(=O)OC(C)(C)C)C2)cc1O. The first-order valence-electron chi connectivity index (χ1n) is 7.90. The minimum Gasteiger partial charge on any atom is -0.504 e. The van der Waals surface area contributed by atoms with Gasteiger partial charge in [-0.3, -0.25) is 0 Å². The quantitative estimate of drug-likeness (QED) is 0.793. The molecule has 2 unspecified atom stereocenters. The van der Waals surface area contributed by atoms with Gasteiger partial charge in [-0.1, -0.05) is 0 Å². The fourth-order valence-corrected chi connectivity index (χ4v) is 2.73. The van der Waals surface area contributed by atoms with Crippen LogP contribution in [0.5, 0.6) is 11.5 Å². The molecule has 0 radical (unpaired) electrons. The van der Waals surface area contributed by atoms with Gasteiger partial charge in [0.2, 0.25) is 0 Å². The van der Waals surface area contributed by atoms with Crippen molar-refractivity contribution in [3.63, 3.8) is 0 Å². The lowest BCUT2D eigenvalue weighted by molar-refractivity contribution is 0.0505. The van der Waals surface area contributed by atoms with Gasteiger partial charge in [0.1, 0.15) is 5.60 Å². The molecule has 128 valence electrons. The van der Waals surface area contributed by atoms with Gasteiger partial charge >= 0.3 is 6.09 Å². The minimum absolute atomic E-state index is 0.106. The maximum atomic E-state index is 11.8. The summed E-state index contributed by atoms with van der Waals surface area (Å²) in [5, 5.41) is 16.1. The van der Waals surface area contributed by atoms with Crippen molar-refractivity contribution in [3.05, 3.63) is 18.2 Å². The van der Waals surface area contributed by atoms with Crippen LogP contribution >= 0.6 is 0 Å². The third kappa shape index (κ3) is 5.23. The van der Waals surface area contributed by atoms with Crippen LogP contribution in [-0.4, -0.2) is 36.0 Å². The number of carbonyl (C=O) groups is 1. The summed E-state index contributed by atoms with van der Waals surface area (Å²) in [5.41, 5.74) is 0.354. The molecule has 2 rings (SSSR count). The lowest BCUT2D eigenvalue weighted by atomic mass is 10.2. The summed E-state index contributed by atoms with van der Waals surface area (Å²) >= 11 is 0. The molecule has 0 bridgehead atoms. The Morgan fingerprint density at radius 3 is 2.57 bits per heavy atom. The number of carbonyl (C=O) groups excluding carboxylic acids is 1. The van der Waals surface area contributed by atoms with E-state index in [1.54, 1.807) is 12.1 Å². The first-order valence-corrected chi connectivity index (χ1v) is 7.90. The Kier molecular flexibility index (Phi) is 5.23. The van der Waals surface area contributed by atoms with Crippen molar-refractivity contribution >= 4 is 11.8 Å². The fourth-order valence-electron chi connectivity index (χ4n) is 2.73. The second kappa shape index (κ2) is 6.98. The van der Waals surface area contributed by atoms with Crippen LogP contribution in [0.2, 0.25) is 0 Å². The number of methoxy groups -OCH3 is 1. The molecule has 1 fully saturated rings. The molecule has 2 atom stereocenters. The standard InChI is InChI=1S/C17H26N2O4/c1-17(2,3)23-16(21)19-12-6-5-11(9-12)18-13-7-8-15(22-4)14(20)10-13/h7-8,10-12,18,20H,5-6,9H2,1-4H3,(H,19,21). The van der Waals surface area contributed by atoms with Crippen molar-refractivity contribution in [2.24, 2.45) is 0 Å². The number of nitrogens with one attached hydrogen (secondary N) is 2. The van der Waals surface area contributed by atoms with E-state index in [0.29, 0.717) is 5.75 Å². The van der Waals surface area contributed by atoms with Crippen molar-refractivity contribution in [1.29, 1.82) is 0 Å². The molecule has 1 aromatic carbocycles. The van der Waals surface area contributed by atoms with Gasteiger partial charge in [-0.05, 0) is 52.2 Å². The van der Waals surface area contributed by atoms with Gasteiger partial charge in [0.15, 0.2) is 11.5 Å². The number of phenols is 1. The number of benzene rings is 1. The van der Waals surface area contributed by atoms with Gasteiger partial charge in [0.05, 0.1) is 7.11 Å². The molecule has 3 N–H and O–H groups in total. The Balaban J connectivity index is 1.83. The molecule has 0 spiro atoms. The van der Waals surface area contributed by atoms with E-state index < -0.39 is 5.60 Å². The summed E-state index contributed by atoms with van der Waals surface area (Å²) in [5.74, 6) is 0.561. The largest absolute Gasteiger partial charge is 0.504 e. The molecular weight excluding hydrogens is 296 g/mol. The predicted octanol–water partition coefficient (Wildman–Crippen LogP) is 3.26. The summed E-state index contributed by atoms with van der Waals surface area (Å²) in [6.07, 6.45) is 2.31.